The first-order chi connectivity index (χ1) is 16.9. The summed E-state index contributed by atoms with van der Waals surface area (Å²) in [5.41, 5.74) is 3.95. The second-order valence-electron chi connectivity index (χ2n) is 8.38. The third-order valence-electron chi connectivity index (χ3n) is 5.98. The topological polar surface area (TPSA) is 71.9 Å². The number of sulfonamides is 1. The third-order valence-corrected chi connectivity index (χ3v) is 7.98. The van der Waals surface area contributed by atoms with Gasteiger partial charge in [-0.2, -0.15) is 17.9 Å². The van der Waals surface area contributed by atoms with Crippen LogP contribution in [0, 0.1) is 6.92 Å². The maximum atomic E-state index is 13.7. The van der Waals surface area contributed by atoms with Gasteiger partial charge >= 0.3 is 0 Å². The lowest BCUT2D eigenvalue weighted by molar-refractivity contribution is 0.340. The molecule has 1 unspecified atom stereocenters. The Morgan fingerprint density at radius 3 is 2.49 bits per heavy atom. The van der Waals surface area contributed by atoms with Gasteiger partial charge in [0.2, 0.25) is 0 Å². The van der Waals surface area contributed by atoms with Crippen LogP contribution in [-0.2, 0) is 10.0 Å². The molecule has 3 aromatic carbocycles. The number of rotatable bonds is 6. The number of aryl methyl sites for hydroxylation is 1. The number of ether oxygens (including phenoxy) is 1. The van der Waals surface area contributed by atoms with Gasteiger partial charge in [-0.15, -0.1) is 0 Å². The van der Waals surface area contributed by atoms with Crippen molar-refractivity contribution in [3.63, 3.8) is 0 Å². The van der Waals surface area contributed by atoms with Gasteiger partial charge in [-0.05, 0) is 49.7 Å². The number of pyridine rings is 1. The van der Waals surface area contributed by atoms with Crippen LogP contribution < -0.4 is 4.74 Å². The van der Waals surface area contributed by atoms with E-state index in [1.807, 2.05) is 62.4 Å². The molecular weight excluding hydrogens is 482 g/mol. The quantitative estimate of drug-likeness (QED) is 0.295. The van der Waals surface area contributed by atoms with Crippen LogP contribution >= 0.6 is 11.6 Å². The number of aromatic nitrogens is 1. The highest BCUT2D eigenvalue weighted by Gasteiger charge is 2.39. The van der Waals surface area contributed by atoms with Crippen LogP contribution in [0.3, 0.4) is 0 Å². The number of nitrogens with zero attached hydrogens (tertiary/aromatic N) is 3. The second-order valence-corrected chi connectivity index (χ2v) is 10.5. The summed E-state index contributed by atoms with van der Waals surface area (Å²) in [4.78, 5) is 4.75. The predicted molar refractivity (Wildman–Crippen MR) is 138 cm³/mol. The number of benzene rings is 3. The molecule has 1 atom stereocenters. The van der Waals surface area contributed by atoms with E-state index in [4.69, 9.17) is 16.3 Å². The smallest absolute Gasteiger partial charge is 0.279 e. The van der Waals surface area contributed by atoms with E-state index in [0.29, 0.717) is 35.6 Å². The van der Waals surface area contributed by atoms with Gasteiger partial charge in [-0.1, -0.05) is 59.6 Å². The zero-order valence-corrected chi connectivity index (χ0v) is 20.9. The van der Waals surface area contributed by atoms with Crippen molar-refractivity contribution in [3.8, 4) is 5.75 Å². The predicted octanol–water partition coefficient (Wildman–Crippen LogP) is 6.14. The van der Waals surface area contributed by atoms with Gasteiger partial charge in [-0.25, -0.2) is 4.98 Å². The minimum atomic E-state index is -3.93. The Bertz CT molecular complexity index is 1520. The molecule has 8 heteroatoms. The molecule has 0 fully saturated rings. The molecule has 0 amide bonds. The fourth-order valence-electron chi connectivity index (χ4n) is 4.19. The zero-order chi connectivity index (χ0) is 24.6. The monoisotopic (exact) mass is 505 g/mol. The largest absolute Gasteiger partial charge is 0.494 e. The average molecular weight is 506 g/mol. The number of hydrogen-bond donors (Lipinski definition) is 0. The molecule has 4 aromatic rings. The maximum absolute atomic E-state index is 13.7. The van der Waals surface area contributed by atoms with Crippen LogP contribution in [0.2, 0.25) is 5.15 Å². The molecule has 35 heavy (non-hydrogen) atoms. The van der Waals surface area contributed by atoms with E-state index in [1.165, 1.54) is 4.41 Å². The number of fused-ring (bicyclic) bond motifs is 1. The van der Waals surface area contributed by atoms with Crippen molar-refractivity contribution in [3.05, 3.63) is 101 Å². The van der Waals surface area contributed by atoms with Crippen LogP contribution in [0.5, 0.6) is 5.75 Å². The first-order valence-corrected chi connectivity index (χ1v) is 13.2. The lowest BCUT2D eigenvalue weighted by atomic mass is 9.98. The van der Waals surface area contributed by atoms with Crippen LogP contribution in [0.1, 0.15) is 36.1 Å². The molecule has 2 heterocycles. The van der Waals surface area contributed by atoms with E-state index in [-0.39, 0.29) is 10.0 Å². The molecule has 0 N–H and O–H groups in total. The van der Waals surface area contributed by atoms with E-state index >= 15 is 0 Å². The summed E-state index contributed by atoms with van der Waals surface area (Å²) in [6, 6.07) is 23.1. The first kappa shape index (κ1) is 23.3. The first-order valence-electron chi connectivity index (χ1n) is 11.3. The van der Waals surface area contributed by atoms with Crippen molar-refractivity contribution in [2.75, 3.05) is 6.61 Å². The van der Waals surface area contributed by atoms with E-state index in [2.05, 4.69) is 10.1 Å². The van der Waals surface area contributed by atoms with Gasteiger partial charge < -0.3 is 4.74 Å². The highest BCUT2D eigenvalue weighted by Crippen LogP contribution is 2.40. The average Bonchev–Trinajstić information content (AvgIpc) is 3.31. The molecule has 178 valence electrons. The summed E-state index contributed by atoms with van der Waals surface area (Å²) in [6.07, 6.45) is 0.374. The third kappa shape index (κ3) is 4.49. The van der Waals surface area contributed by atoms with Crippen LogP contribution in [0.25, 0.3) is 10.9 Å². The molecule has 0 saturated carbocycles. The van der Waals surface area contributed by atoms with E-state index in [9.17, 15) is 8.42 Å². The normalized spacial score (nSPS) is 15.9. The molecule has 0 spiro atoms. The van der Waals surface area contributed by atoms with E-state index in [1.54, 1.807) is 30.3 Å². The minimum absolute atomic E-state index is 0.171. The summed E-state index contributed by atoms with van der Waals surface area (Å²) in [5, 5.41) is 5.69. The van der Waals surface area contributed by atoms with Crippen LogP contribution in [0.15, 0.2) is 88.9 Å². The Hall–Kier alpha value is -3.42. The minimum Gasteiger partial charge on any atom is -0.494 e. The Balaban J connectivity index is 1.62. The summed E-state index contributed by atoms with van der Waals surface area (Å²) in [6.45, 7) is 4.47. The molecule has 0 bridgehead atoms. The number of hydrazone groups is 1. The lowest BCUT2D eigenvalue weighted by Gasteiger charge is -2.24. The molecule has 0 saturated heterocycles. The van der Waals surface area contributed by atoms with Crippen molar-refractivity contribution in [1.29, 1.82) is 0 Å². The van der Waals surface area contributed by atoms with E-state index < -0.39 is 16.1 Å². The summed E-state index contributed by atoms with van der Waals surface area (Å²) in [5.74, 6) is 0.704. The van der Waals surface area contributed by atoms with Gasteiger partial charge in [0.1, 0.15) is 10.9 Å². The molecule has 1 aliphatic heterocycles. The van der Waals surface area contributed by atoms with Crippen molar-refractivity contribution in [2.24, 2.45) is 5.10 Å². The molecule has 0 radical (unpaired) electrons. The fraction of sp³-hybridized carbons (Fsp3) is 0.185. The van der Waals surface area contributed by atoms with Crippen molar-refractivity contribution < 1.29 is 13.2 Å². The molecule has 0 aliphatic carbocycles. The Morgan fingerprint density at radius 2 is 1.77 bits per heavy atom. The SMILES string of the molecule is CCOc1ccc2cc(C3CC(c4ccc(C)cc4)=NN3S(=O)(=O)c3ccccc3)c(Cl)nc2c1. The van der Waals surface area contributed by atoms with E-state index in [0.717, 1.165) is 16.5 Å². The Kier molecular flexibility index (Phi) is 6.21. The van der Waals surface area contributed by atoms with Crippen molar-refractivity contribution in [1.82, 2.24) is 9.40 Å². The summed E-state index contributed by atoms with van der Waals surface area (Å²) >= 11 is 6.66. The maximum Gasteiger partial charge on any atom is 0.279 e. The molecular formula is C27H24ClN3O3S. The Labute approximate surface area is 209 Å². The van der Waals surface area contributed by atoms with Crippen LogP contribution in [0.4, 0.5) is 0 Å². The molecule has 1 aliphatic rings. The van der Waals surface area contributed by atoms with Gasteiger partial charge in [0.15, 0.2) is 0 Å². The highest BCUT2D eigenvalue weighted by atomic mass is 35.5. The standard InChI is InChI=1S/C27H24ClN3O3S/c1-3-34-21-14-13-20-15-23(27(28)29-24(20)16-21)26-17-25(19-11-9-18(2)10-12-19)30-31(26)35(32,33)22-7-5-4-6-8-22/h4-16,26H,3,17H2,1-2H3. The number of halogens is 1. The van der Waals surface area contributed by atoms with Crippen LogP contribution in [-0.4, -0.2) is 30.1 Å². The number of hydrogen-bond acceptors (Lipinski definition) is 5. The lowest BCUT2D eigenvalue weighted by Crippen LogP contribution is -2.27. The zero-order valence-electron chi connectivity index (χ0n) is 19.3. The van der Waals surface area contributed by atoms with Gasteiger partial charge in [-0.3, -0.25) is 0 Å². The Morgan fingerprint density at radius 1 is 1.03 bits per heavy atom. The molecule has 5 rings (SSSR count). The van der Waals surface area contributed by atoms with Crippen molar-refractivity contribution >= 4 is 38.2 Å². The second kappa shape index (κ2) is 9.32. The van der Waals surface area contributed by atoms with Gasteiger partial charge in [0.25, 0.3) is 10.0 Å². The fourth-order valence-corrected chi connectivity index (χ4v) is 5.91. The summed E-state index contributed by atoms with van der Waals surface area (Å²) < 4.78 is 34.1. The summed E-state index contributed by atoms with van der Waals surface area (Å²) in [7, 11) is -3.93. The van der Waals surface area contributed by atoms with Crippen molar-refractivity contribution in [2.45, 2.75) is 31.2 Å². The molecule has 6 nitrogen and oxygen atoms in total. The van der Waals surface area contributed by atoms with Gasteiger partial charge in [0.05, 0.1) is 28.8 Å². The highest BCUT2D eigenvalue weighted by molar-refractivity contribution is 7.89. The molecule has 1 aromatic heterocycles. The van der Waals surface area contributed by atoms with Gasteiger partial charge in [0, 0.05) is 23.4 Å².